The Bertz CT molecular complexity index is 2190. The molecular weight excluding hydrogens is 985 g/mol. The summed E-state index contributed by atoms with van der Waals surface area (Å²) >= 11 is 0. The van der Waals surface area contributed by atoms with Crippen molar-refractivity contribution in [3.8, 4) is 0 Å². The highest BCUT2D eigenvalue weighted by Gasteiger charge is 2.86. The highest BCUT2D eigenvalue weighted by atomic mass is 16.8. The third-order valence-corrected chi connectivity index (χ3v) is 21.2. The second-order valence-corrected chi connectivity index (χ2v) is 25.8. The first kappa shape index (κ1) is 57.2. The summed E-state index contributed by atoms with van der Waals surface area (Å²) in [7, 11) is 0. The fraction of sp³-hybridized carbons (Fsp3) is 0.907. The number of aliphatic hydroxyl groups excluding tert-OH is 9. The number of carbonyl (C=O) groups is 3. The standard InChI is InChI=1S/C54H84O21/c1-11-24(2)43(65)71-34-20-52(10)51(9)16-12-29-49(6,7)32(72-46-42(35(58)26(57)22-68-46)74-45-41(64)38(61)36(59)27(21-55)69-45)14-15-50(29,8)30(51)13-17-53(52)31-18-48(4,5)19-33(54(31,34)47(66)75-53)73-44-40(63)39(62)37(60)28(70-44)23-67-25(3)56/h11,26-42,44-46,55,57-64H,12-23H2,1-10H3/b24-11-/t26-,27+,28+,29+,30+,31+,32-,33-,34+,35-,36+,37+,38-,39-,40+,41+,42+,44-,45-,46-,50-,51+,52-,53-,54-/m0/s1. The van der Waals surface area contributed by atoms with E-state index in [1.807, 2.05) is 0 Å². The van der Waals surface area contributed by atoms with Gasteiger partial charge in [-0.3, -0.25) is 9.59 Å². The maximum Gasteiger partial charge on any atom is 0.333 e. The first-order valence-electron chi connectivity index (χ1n) is 27.1. The highest BCUT2D eigenvalue weighted by Crippen LogP contribution is 2.81. The van der Waals surface area contributed by atoms with Crippen LogP contribution in [0.15, 0.2) is 11.6 Å². The van der Waals surface area contributed by atoms with Gasteiger partial charge in [0, 0.05) is 23.8 Å². The van der Waals surface area contributed by atoms with E-state index < -0.39 is 174 Å². The molecule has 0 amide bonds. The smallest absolute Gasteiger partial charge is 0.333 e. The van der Waals surface area contributed by atoms with Gasteiger partial charge in [0.25, 0.3) is 0 Å². The van der Waals surface area contributed by atoms with E-state index in [-0.39, 0.29) is 36.7 Å². The van der Waals surface area contributed by atoms with Gasteiger partial charge in [-0.25, -0.2) is 4.79 Å². The number of rotatable bonds is 11. The Morgan fingerprint density at radius 1 is 0.667 bits per heavy atom. The van der Waals surface area contributed by atoms with E-state index in [1.54, 1.807) is 19.9 Å². The SMILES string of the molecule is C/C=C(/C)C(=O)O[C@@H]1C[C@]2(C)[C@@]3(CC[C@@H]4[C@@]5(C)CC[C@H](O[C@@H]6OC[C@H](O)[C@H](O)[C@H]6O[C@@H]6O[C@H](CO)[C@@H](O)[C@H](O)[C@H]6O)C(C)(C)[C@H]5CC[C@]42C)OC(=O)[C@@]12[C@@H](O[C@@H]1O[C@H](COC(C)=O)[C@@H](O)[C@H](O)[C@H]1O)CC(C)(C)C[C@@H]23. The zero-order valence-corrected chi connectivity index (χ0v) is 45.0. The number of esters is 3. The zero-order valence-electron chi connectivity index (χ0n) is 45.0. The second kappa shape index (κ2) is 20.0. The molecule has 21 nitrogen and oxygen atoms in total. The molecule has 0 aromatic heterocycles. The minimum absolute atomic E-state index is 0.0648. The Labute approximate surface area is 438 Å². The molecule has 1 spiro atoms. The van der Waals surface area contributed by atoms with E-state index in [9.17, 15) is 55.5 Å². The lowest BCUT2D eigenvalue weighted by Gasteiger charge is -2.74. The van der Waals surface area contributed by atoms with Crippen molar-refractivity contribution < 1.29 is 103 Å². The number of aliphatic hydroxyl groups is 9. The van der Waals surface area contributed by atoms with Crippen LogP contribution in [-0.4, -0.2) is 194 Å². The van der Waals surface area contributed by atoms with Gasteiger partial charge in [0.2, 0.25) is 0 Å². The van der Waals surface area contributed by atoms with Crippen LogP contribution < -0.4 is 0 Å². The molecule has 21 heteroatoms. The number of ether oxygens (including phenoxy) is 9. The van der Waals surface area contributed by atoms with Crippen LogP contribution in [0, 0.1) is 50.2 Å². The number of hydrogen-bond acceptors (Lipinski definition) is 21. The Balaban J connectivity index is 1.02. The van der Waals surface area contributed by atoms with Gasteiger partial charge in [0.1, 0.15) is 90.9 Å². The minimum atomic E-state index is -1.77. The molecule has 0 aromatic carbocycles. The van der Waals surface area contributed by atoms with Crippen molar-refractivity contribution in [3.63, 3.8) is 0 Å². The Hall–Kier alpha value is -2.45. The third-order valence-electron chi connectivity index (χ3n) is 21.2. The lowest BCUT2D eigenvalue weighted by molar-refractivity contribution is -0.368. The zero-order chi connectivity index (χ0) is 54.9. The molecule has 426 valence electrons. The van der Waals surface area contributed by atoms with Crippen molar-refractivity contribution in [1.29, 1.82) is 0 Å². The molecule has 75 heavy (non-hydrogen) atoms. The summed E-state index contributed by atoms with van der Waals surface area (Å²) < 4.78 is 56.3. The van der Waals surface area contributed by atoms with Crippen LogP contribution in [0.4, 0.5) is 0 Å². The summed E-state index contributed by atoms with van der Waals surface area (Å²) in [6.07, 6.45) is -17.7. The van der Waals surface area contributed by atoms with Gasteiger partial charge in [-0.1, -0.05) is 54.5 Å². The van der Waals surface area contributed by atoms with E-state index >= 15 is 4.79 Å². The van der Waals surface area contributed by atoms with Crippen LogP contribution in [0.25, 0.3) is 0 Å². The predicted octanol–water partition coefficient (Wildman–Crippen LogP) is 1.05. The molecule has 2 bridgehead atoms. The number of fused-ring (bicyclic) bond motifs is 4. The molecule has 9 N–H and O–H groups in total. The highest BCUT2D eigenvalue weighted by molar-refractivity contribution is 5.89. The van der Waals surface area contributed by atoms with E-state index in [4.69, 9.17) is 42.6 Å². The summed E-state index contributed by atoms with van der Waals surface area (Å²) in [4.78, 5) is 41.5. The van der Waals surface area contributed by atoms with Gasteiger partial charge in [-0.05, 0) is 105 Å². The molecule has 4 heterocycles. The quantitative estimate of drug-likeness (QED) is 0.0604. The molecule has 9 rings (SSSR count). The Morgan fingerprint density at radius 3 is 1.92 bits per heavy atom. The van der Waals surface area contributed by atoms with Crippen LogP contribution in [-0.2, 0) is 57.0 Å². The molecule has 4 saturated heterocycles. The van der Waals surface area contributed by atoms with Gasteiger partial charge in [-0.15, -0.1) is 0 Å². The van der Waals surface area contributed by atoms with E-state index in [2.05, 4.69) is 48.5 Å². The van der Waals surface area contributed by atoms with Crippen molar-refractivity contribution in [3.05, 3.63) is 11.6 Å². The minimum Gasteiger partial charge on any atom is -0.463 e. The molecule has 9 aliphatic rings. The summed E-state index contributed by atoms with van der Waals surface area (Å²) in [6, 6.07) is 0. The summed E-state index contributed by atoms with van der Waals surface area (Å²) in [5, 5.41) is 97.0. The van der Waals surface area contributed by atoms with Gasteiger partial charge < -0.3 is 88.6 Å². The Morgan fingerprint density at radius 2 is 1.28 bits per heavy atom. The molecule has 0 unspecified atom stereocenters. The fourth-order valence-electron chi connectivity index (χ4n) is 17.0. The number of hydrogen-bond donors (Lipinski definition) is 9. The molecular formula is C54H84O21. The van der Waals surface area contributed by atoms with Crippen LogP contribution in [0.3, 0.4) is 0 Å². The fourth-order valence-corrected chi connectivity index (χ4v) is 17.0. The number of allylic oxidation sites excluding steroid dienone is 1. The van der Waals surface area contributed by atoms with Crippen molar-refractivity contribution in [2.45, 2.75) is 237 Å². The maximum atomic E-state index is 15.6. The Kier molecular flexibility index (Phi) is 15.2. The van der Waals surface area contributed by atoms with Crippen molar-refractivity contribution in [1.82, 2.24) is 0 Å². The summed E-state index contributed by atoms with van der Waals surface area (Å²) in [5.74, 6) is -2.22. The molecule has 4 aliphatic heterocycles. The average molecular weight is 1070 g/mol. The van der Waals surface area contributed by atoms with Crippen molar-refractivity contribution >= 4 is 17.9 Å². The molecule has 9 fully saturated rings. The predicted molar refractivity (Wildman–Crippen MR) is 258 cm³/mol. The molecule has 0 aromatic rings. The molecule has 25 atom stereocenters. The maximum absolute atomic E-state index is 15.6. The van der Waals surface area contributed by atoms with Gasteiger partial charge in [-0.2, -0.15) is 0 Å². The second-order valence-electron chi connectivity index (χ2n) is 25.8. The molecule has 5 saturated carbocycles. The van der Waals surface area contributed by atoms with Crippen molar-refractivity contribution in [2.24, 2.45) is 50.2 Å². The largest absolute Gasteiger partial charge is 0.463 e. The average Bonchev–Trinajstić information content (AvgIpc) is 3.57. The van der Waals surface area contributed by atoms with Crippen molar-refractivity contribution in [2.75, 3.05) is 19.8 Å². The summed E-state index contributed by atoms with van der Waals surface area (Å²) in [6.45, 7) is 18.6. The van der Waals surface area contributed by atoms with E-state index in [1.165, 1.54) is 6.92 Å². The van der Waals surface area contributed by atoms with Crippen LogP contribution >= 0.6 is 0 Å². The van der Waals surface area contributed by atoms with E-state index in [0.717, 1.165) is 6.42 Å². The van der Waals surface area contributed by atoms with Gasteiger partial charge >= 0.3 is 17.9 Å². The monoisotopic (exact) mass is 1070 g/mol. The molecule has 5 aliphatic carbocycles. The normalized spacial score (nSPS) is 52.0. The van der Waals surface area contributed by atoms with Gasteiger partial charge in [0.05, 0.1) is 25.4 Å². The molecule has 0 radical (unpaired) electrons. The lowest BCUT2D eigenvalue weighted by Crippen LogP contribution is -2.76. The van der Waals surface area contributed by atoms with E-state index in [0.29, 0.717) is 44.1 Å². The third kappa shape index (κ3) is 8.69. The van der Waals surface area contributed by atoms with Gasteiger partial charge in [0.15, 0.2) is 18.9 Å². The lowest BCUT2D eigenvalue weighted by atomic mass is 9.30. The van der Waals surface area contributed by atoms with Crippen LogP contribution in [0.1, 0.15) is 127 Å². The first-order valence-corrected chi connectivity index (χ1v) is 27.1. The first-order chi connectivity index (χ1) is 35.0. The van der Waals surface area contributed by atoms with Crippen LogP contribution in [0.2, 0.25) is 0 Å². The topological polar surface area (TPSA) is 316 Å². The summed E-state index contributed by atoms with van der Waals surface area (Å²) in [5.41, 5.74) is -4.90. The number of carbonyl (C=O) groups excluding carboxylic acids is 3. The van der Waals surface area contributed by atoms with Crippen LogP contribution in [0.5, 0.6) is 0 Å².